The summed E-state index contributed by atoms with van der Waals surface area (Å²) in [5.41, 5.74) is 5.79. The van der Waals surface area contributed by atoms with Gasteiger partial charge in [0.05, 0.1) is 6.04 Å². The van der Waals surface area contributed by atoms with Gasteiger partial charge in [-0.25, -0.2) is 0 Å². The minimum absolute atomic E-state index is 0.0584. The van der Waals surface area contributed by atoms with Crippen LogP contribution >= 0.6 is 0 Å². The van der Waals surface area contributed by atoms with Gasteiger partial charge in [0.1, 0.15) is 6.04 Å². The smallest absolute Gasteiger partial charge is 0.251 e. The van der Waals surface area contributed by atoms with Gasteiger partial charge in [-0.2, -0.15) is 0 Å². The largest absolute Gasteiger partial charge is 0.343 e. The SMILES string of the molecule is CCC(C)C(N)C(=O)NC1CCC(=O)N(C)C1=O. The van der Waals surface area contributed by atoms with Crippen LogP contribution in [0.1, 0.15) is 33.1 Å². The van der Waals surface area contributed by atoms with Crippen molar-refractivity contribution < 1.29 is 14.4 Å². The van der Waals surface area contributed by atoms with E-state index < -0.39 is 12.1 Å². The molecule has 0 bridgehead atoms. The number of rotatable bonds is 4. The van der Waals surface area contributed by atoms with E-state index in [4.69, 9.17) is 5.73 Å². The fourth-order valence-electron chi connectivity index (χ4n) is 1.83. The third-order valence-electron chi connectivity index (χ3n) is 3.53. The standard InChI is InChI=1S/C12H21N3O3/c1-4-7(2)10(13)11(17)14-8-5-6-9(16)15(3)12(8)18/h7-8,10H,4-6,13H2,1-3H3,(H,14,17). The predicted octanol–water partition coefficient (Wildman–Crippen LogP) is -0.377. The second-order valence-corrected chi connectivity index (χ2v) is 4.80. The number of piperidine rings is 1. The van der Waals surface area contributed by atoms with Gasteiger partial charge in [0.15, 0.2) is 0 Å². The van der Waals surface area contributed by atoms with Gasteiger partial charge in [0, 0.05) is 13.5 Å². The molecule has 3 unspecified atom stereocenters. The zero-order valence-corrected chi connectivity index (χ0v) is 11.1. The molecule has 102 valence electrons. The highest BCUT2D eigenvalue weighted by Crippen LogP contribution is 2.12. The first-order valence-electron chi connectivity index (χ1n) is 6.24. The predicted molar refractivity (Wildman–Crippen MR) is 66.4 cm³/mol. The van der Waals surface area contributed by atoms with Gasteiger partial charge in [-0.15, -0.1) is 0 Å². The summed E-state index contributed by atoms with van der Waals surface area (Å²) in [6.45, 7) is 3.85. The third-order valence-corrected chi connectivity index (χ3v) is 3.53. The minimum atomic E-state index is -0.629. The molecule has 1 aliphatic heterocycles. The molecule has 1 rings (SSSR count). The number of amides is 3. The minimum Gasteiger partial charge on any atom is -0.343 e. The monoisotopic (exact) mass is 255 g/mol. The van der Waals surface area contributed by atoms with Crippen molar-refractivity contribution in [3.8, 4) is 0 Å². The van der Waals surface area contributed by atoms with Crippen LogP contribution in [0, 0.1) is 5.92 Å². The van der Waals surface area contributed by atoms with Gasteiger partial charge >= 0.3 is 0 Å². The van der Waals surface area contributed by atoms with Crippen LogP contribution in [0.5, 0.6) is 0 Å². The summed E-state index contributed by atoms with van der Waals surface area (Å²) in [5.74, 6) is -0.846. The van der Waals surface area contributed by atoms with Crippen LogP contribution in [0.15, 0.2) is 0 Å². The Bertz CT molecular complexity index is 356. The molecular weight excluding hydrogens is 234 g/mol. The van der Waals surface area contributed by atoms with Gasteiger partial charge in [0.25, 0.3) is 5.91 Å². The number of carbonyl (C=O) groups excluding carboxylic acids is 3. The van der Waals surface area contributed by atoms with Crippen LogP contribution in [-0.2, 0) is 14.4 Å². The first-order valence-corrected chi connectivity index (χ1v) is 6.24. The summed E-state index contributed by atoms with van der Waals surface area (Å²) in [5, 5.41) is 2.63. The maximum Gasteiger partial charge on any atom is 0.251 e. The molecule has 1 aliphatic rings. The van der Waals surface area contributed by atoms with Crippen LogP contribution in [0.2, 0.25) is 0 Å². The number of hydrogen-bond donors (Lipinski definition) is 2. The molecular formula is C12H21N3O3. The molecule has 0 saturated carbocycles. The summed E-state index contributed by atoms with van der Waals surface area (Å²) in [6.07, 6.45) is 1.41. The molecule has 6 nitrogen and oxygen atoms in total. The van der Waals surface area contributed by atoms with Crippen molar-refractivity contribution >= 4 is 17.7 Å². The highest BCUT2D eigenvalue weighted by atomic mass is 16.2. The topological polar surface area (TPSA) is 92.5 Å². The maximum absolute atomic E-state index is 11.9. The molecule has 0 aromatic rings. The average molecular weight is 255 g/mol. The Balaban J connectivity index is 2.60. The summed E-state index contributed by atoms with van der Waals surface area (Å²) in [4.78, 5) is 36.0. The molecule has 3 atom stereocenters. The molecule has 3 N–H and O–H groups in total. The van der Waals surface area contributed by atoms with Crippen LogP contribution in [0.25, 0.3) is 0 Å². The van der Waals surface area contributed by atoms with Crippen molar-refractivity contribution in [3.63, 3.8) is 0 Å². The van der Waals surface area contributed by atoms with E-state index in [0.717, 1.165) is 11.3 Å². The Morgan fingerprint density at radius 1 is 1.56 bits per heavy atom. The molecule has 1 heterocycles. The van der Waals surface area contributed by atoms with E-state index in [1.807, 2.05) is 13.8 Å². The van der Waals surface area contributed by atoms with E-state index in [9.17, 15) is 14.4 Å². The lowest BCUT2D eigenvalue weighted by molar-refractivity contribution is -0.149. The van der Waals surface area contributed by atoms with Gasteiger partial charge in [-0.05, 0) is 12.3 Å². The van der Waals surface area contributed by atoms with Crippen LogP contribution in [0.3, 0.4) is 0 Å². The Labute approximate surface area is 107 Å². The molecule has 0 spiro atoms. The van der Waals surface area contributed by atoms with Crippen molar-refractivity contribution in [3.05, 3.63) is 0 Å². The van der Waals surface area contributed by atoms with E-state index in [2.05, 4.69) is 5.32 Å². The molecule has 0 aromatic carbocycles. The molecule has 1 fully saturated rings. The maximum atomic E-state index is 11.9. The zero-order valence-electron chi connectivity index (χ0n) is 11.1. The lowest BCUT2D eigenvalue weighted by Gasteiger charge is -2.29. The zero-order chi connectivity index (χ0) is 13.9. The number of nitrogens with two attached hydrogens (primary N) is 1. The quantitative estimate of drug-likeness (QED) is 0.670. The van der Waals surface area contributed by atoms with E-state index in [1.165, 1.54) is 7.05 Å². The number of hydrogen-bond acceptors (Lipinski definition) is 4. The number of likely N-dealkylation sites (N-methyl/N-ethyl adjacent to an activating group) is 1. The summed E-state index contributed by atoms with van der Waals surface area (Å²) in [7, 11) is 1.43. The van der Waals surface area contributed by atoms with Crippen LogP contribution in [-0.4, -0.2) is 41.8 Å². The van der Waals surface area contributed by atoms with E-state index >= 15 is 0 Å². The number of likely N-dealkylation sites (tertiary alicyclic amines) is 1. The normalized spacial score (nSPS) is 23.8. The van der Waals surface area contributed by atoms with Gasteiger partial charge < -0.3 is 11.1 Å². The molecule has 6 heteroatoms. The summed E-state index contributed by atoms with van der Waals surface area (Å²) >= 11 is 0. The number of carbonyl (C=O) groups is 3. The summed E-state index contributed by atoms with van der Waals surface area (Å²) < 4.78 is 0. The lowest BCUT2D eigenvalue weighted by Crippen LogP contribution is -2.56. The van der Waals surface area contributed by atoms with Crippen molar-refractivity contribution in [2.45, 2.75) is 45.2 Å². The van der Waals surface area contributed by atoms with Gasteiger partial charge in [-0.1, -0.05) is 20.3 Å². The van der Waals surface area contributed by atoms with E-state index in [-0.39, 0.29) is 30.1 Å². The summed E-state index contributed by atoms with van der Waals surface area (Å²) in [6, 6.07) is -1.25. The molecule has 0 aromatic heterocycles. The molecule has 18 heavy (non-hydrogen) atoms. The van der Waals surface area contributed by atoms with Crippen molar-refractivity contribution in [2.75, 3.05) is 7.05 Å². The first-order chi connectivity index (χ1) is 8.38. The molecule has 0 aliphatic carbocycles. The van der Waals surface area contributed by atoms with Gasteiger partial charge in [0.2, 0.25) is 11.8 Å². The highest BCUT2D eigenvalue weighted by molar-refractivity contribution is 6.01. The highest BCUT2D eigenvalue weighted by Gasteiger charge is 2.34. The fourth-order valence-corrected chi connectivity index (χ4v) is 1.83. The van der Waals surface area contributed by atoms with E-state index in [0.29, 0.717) is 6.42 Å². The van der Waals surface area contributed by atoms with Crippen LogP contribution in [0.4, 0.5) is 0 Å². The van der Waals surface area contributed by atoms with E-state index in [1.54, 1.807) is 0 Å². The van der Waals surface area contributed by atoms with Gasteiger partial charge in [-0.3, -0.25) is 19.3 Å². The third kappa shape index (κ3) is 3.07. The second-order valence-electron chi connectivity index (χ2n) is 4.80. The molecule has 1 saturated heterocycles. The number of nitrogens with zero attached hydrogens (tertiary/aromatic N) is 1. The van der Waals surface area contributed by atoms with Crippen molar-refractivity contribution in [1.29, 1.82) is 0 Å². The second kappa shape index (κ2) is 5.95. The van der Waals surface area contributed by atoms with Crippen molar-refractivity contribution in [2.24, 2.45) is 11.7 Å². The van der Waals surface area contributed by atoms with Crippen molar-refractivity contribution in [1.82, 2.24) is 10.2 Å². The first kappa shape index (κ1) is 14.6. The molecule has 3 amide bonds. The fraction of sp³-hybridized carbons (Fsp3) is 0.750. The molecule has 0 radical (unpaired) electrons. The Kier molecular flexibility index (Phi) is 4.84. The Morgan fingerprint density at radius 2 is 2.17 bits per heavy atom. The Morgan fingerprint density at radius 3 is 2.72 bits per heavy atom. The number of nitrogens with one attached hydrogen (secondary N) is 1. The number of imide groups is 1. The lowest BCUT2D eigenvalue weighted by atomic mass is 9.98. The average Bonchev–Trinajstić information content (AvgIpc) is 2.37. The Hall–Kier alpha value is -1.43. The van der Waals surface area contributed by atoms with Crippen LogP contribution < -0.4 is 11.1 Å².